The maximum atomic E-state index is 5.60. The first-order valence-corrected chi connectivity index (χ1v) is 7.82. The maximum Gasteiger partial charge on any atom is 0.122 e. The Bertz CT molecular complexity index is 391. The van der Waals surface area contributed by atoms with Gasteiger partial charge in [0.25, 0.3) is 0 Å². The summed E-state index contributed by atoms with van der Waals surface area (Å²) in [7, 11) is 4.43. The minimum atomic E-state index is 0.818. The summed E-state index contributed by atoms with van der Waals surface area (Å²) in [5.41, 5.74) is 1.32. The summed E-state index contributed by atoms with van der Waals surface area (Å²) in [5, 5.41) is 3.41. The van der Waals surface area contributed by atoms with Gasteiger partial charge in [0.15, 0.2) is 0 Å². The van der Waals surface area contributed by atoms with Gasteiger partial charge in [0.2, 0.25) is 0 Å². The molecule has 4 nitrogen and oxygen atoms in total. The zero-order valence-electron chi connectivity index (χ0n) is 13.2. The number of likely N-dealkylation sites (tertiary alicyclic amines) is 1. The first kappa shape index (κ1) is 15.5. The molecule has 0 bridgehead atoms. The van der Waals surface area contributed by atoms with E-state index in [9.17, 15) is 0 Å². The number of nitrogens with zero attached hydrogens (tertiary/aromatic N) is 2. The highest BCUT2D eigenvalue weighted by Gasteiger charge is 2.21. The van der Waals surface area contributed by atoms with Crippen LogP contribution in [0.25, 0.3) is 0 Å². The van der Waals surface area contributed by atoms with Crippen molar-refractivity contribution >= 4 is 0 Å². The Balaban J connectivity index is 1.78. The molecule has 2 heterocycles. The summed E-state index contributed by atoms with van der Waals surface area (Å²) < 4.78 is 5.60. The molecular weight excluding hydrogens is 250 g/mol. The second kappa shape index (κ2) is 7.81. The lowest BCUT2D eigenvalue weighted by molar-refractivity contribution is 0.265. The topological polar surface area (TPSA) is 31.7 Å². The molecule has 0 amide bonds. The van der Waals surface area contributed by atoms with E-state index in [2.05, 4.69) is 42.2 Å². The van der Waals surface area contributed by atoms with Gasteiger partial charge in [-0.2, -0.15) is 0 Å². The number of rotatable bonds is 8. The van der Waals surface area contributed by atoms with Gasteiger partial charge in [-0.05, 0) is 52.0 Å². The summed E-state index contributed by atoms with van der Waals surface area (Å²) >= 11 is 0. The predicted octanol–water partition coefficient (Wildman–Crippen LogP) is 2.16. The van der Waals surface area contributed by atoms with Gasteiger partial charge in [0, 0.05) is 25.2 Å². The van der Waals surface area contributed by atoms with Crippen molar-refractivity contribution in [1.29, 1.82) is 0 Å². The minimum absolute atomic E-state index is 0.818. The Morgan fingerprint density at radius 3 is 3.05 bits per heavy atom. The third-order valence-corrected chi connectivity index (χ3v) is 4.05. The van der Waals surface area contributed by atoms with Crippen molar-refractivity contribution in [3.05, 3.63) is 23.7 Å². The largest absolute Gasteiger partial charge is 0.468 e. The van der Waals surface area contributed by atoms with E-state index in [1.54, 1.807) is 0 Å². The lowest BCUT2D eigenvalue weighted by atomic mass is 10.1. The average molecular weight is 279 g/mol. The van der Waals surface area contributed by atoms with E-state index < -0.39 is 0 Å². The Morgan fingerprint density at radius 2 is 2.35 bits per heavy atom. The van der Waals surface area contributed by atoms with Crippen LogP contribution in [0.2, 0.25) is 0 Å². The van der Waals surface area contributed by atoms with Crippen LogP contribution in [0.4, 0.5) is 0 Å². The first-order chi connectivity index (χ1) is 9.69. The highest BCUT2D eigenvalue weighted by molar-refractivity contribution is 5.16. The van der Waals surface area contributed by atoms with Crippen LogP contribution in [-0.4, -0.2) is 50.1 Å². The fraction of sp³-hybridized carbons (Fsp3) is 0.750. The second-order valence-electron chi connectivity index (χ2n) is 6.16. The smallest absolute Gasteiger partial charge is 0.122 e. The van der Waals surface area contributed by atoms with E-state index in [1.807, 2.05) is 6.26 Å². The third-order valence-electron chi connectivity index (χ3n) is 4.05. The molecule has 1 atom stereocenters. The van der Waals surface area contributed by atoms with Gasteiger partial charge in [0.05, 0.1) is 12.8 Å². The monoisotopic (exact) mass is 279 g/mol. The Kier molecular flexibility index (Phi) is 6.07. The van der Waals surface area contributed by atoms with Gasteiger partial charge in [-0.15, -0.1) is 0 Å². The Morgan fingerprint density at radius 1 is 1.50 bits per heavy atom. The molecule has 0 aromatic carbocycles. The molecule has 1 aromatic rings. The van der Waals surface area contributed by atoms with Crippen LogP contribution in [0.3, 0.4) is 0 Å². The van der Waals surface area contributed by atoms with Crippen LogP contribution in [0, 0.1) is 5.92 Å². The highest BCUT2D eigenvalue weighted by Crippen LogP contribution is 2.18. The molecule has 1 aromatic heterocycles. The van der Waals surface area contributed by atoms with Gasteiger partial charge >= 0.3 is 0 Å². The zero-order chi connectivity index (χ0) is 14.4. The number of hydrogen-bond acceptors (Lipinski definition) is 4. The van der Waals surface area contributed by atoms with Crippen molar-refractivity contribution in [2.75, 3.05) is 40.3 Å². The standard InChI is InChI=1S/C16H29N3O/c1-4-7-17-10-16-15(6-9-20-16)13-19(3)12-14-5-8-18(2)11-14/h6,9,14,17H,4-5,7-8,10-13H2,1-3H3. The zero-order valence-corrected chi connectivity index (χ0v) is 13.2. The van der Waals surface area contributed by atoms with Crippen LogP contribution in [-0.2, 0) is 13.1 Å². The van der Waals surface area contributed by atoms with Crippen molar-refractivity contribution in [1.82, 2.24) is 15.1 Å². The molecule has 0 aliphatic carbocycles. The SMILES string of the molecule is CCCNCc1occc1CN(C)CC1CCN(C)C1. The van der Waals surface area contributed by atoms with Crippen LogP contribution >= 0.6 is 0 Å². The van der Waals surface area contributed by atoms with E-state index in [1.165, 1.54) is 31.6 Å². The fourth-order valence-electron chi connectivity index (χ4n) is 3.01. The maximum absolute atomic E-state index is 5.60. The van der Waals surface area contributed by atoms with Gasteiger partial charge in [-0.1, -0.05) is 6.92 Å². The molecule has 1 N–H and O–H groups in total. The molecule has 0 radical (unpaired) electrons. The lowest BCUT2D eigenvalue weighted by Crippen LogP contribution is -2.27. The van der Waals surface area contributed by atoms with Crippen molar-refractivity contribution < 1.29 is 4.42 Å². The van der Waals surface area contributed by atoms with Crippen molar-refractivity contribution in [3.63, 3.8) is 0 Å². The summed E-state index contributed by atoms with van der Waals surface area (Å²) in [6.45, 7) is 8.72. The van der Waals surface area contributed by atoms with E-state index in [-0.39, 0.29) is 0 Å². The van der Waals surface area contributed by atoms with Gasteiger partial charge in [0.1, 0.15) is 5.76 Å². The quantitative estimate of drug-likeness (QED) is 0.739. The molecule has 1 aliphatic rings. The molecule has 1 aliphatic heterocycles. The highest BCUT2D eigenvalue weighted by atomic mass is 16.3. The van der Waals surface area contributed by atoms with E-state index in [4.69, 9.17) is 4.42 Å². The van der Waals surface area contributed by atoms with Gasteiger partial charge in [-0.3, -0.25) is 0 Å². The van der Waals surface area contributed by atoms with Crippen molar-refractivity contribution in [3.8, 4) is 0 Å². The summed E-state index contributed by atoms with van der Waals surface area (Å²) in [6, 6.07) is 2.11. The molecule has 0 saturated carbocycles. The first-order valence-electron chi connectivity index (χ1n) is 7.82. The fourth-order valence-corrected chi connectivity index (χ4v) is 3.01. The van der Waals surface area contributed by atoms with Crippen LogP contribution < -0.4 is 5.32 Å². The third kappa shape index (κ3) is 4.62. The molecular formula is C16H29N3O. The average Bonchev–Trinajstić information content (AvgIpc) is 3.00. The van der Waals surface area contributed by atoms with Crippen LogP contribution in [0.5, 0.6) is 0 Å². The molecule has 114 valence electrons. The van der Waals surface area contributed by atoms with Crippen LogP contribution in [0.15, 0.2) is 16.7 Å². The summed E-state index contributed by atoms with van der Waals surface area (Å²) in [4.78, 5) is 4.86. The molecule has 1 fully saturated rings. The van der Waals surface area contributed by atoms with Gasteiger partial charge in [-0.25, -0.2) is 0 Å². The Labute approximate surface area is 123 Å². The number of nitrogens with one attached hydrogen (secondary N) is 1. The minimum Gasteiger partial charge on any atom is -0.468 e. The lowest BCUT2D eigenvalue weighted by Gasteiger charge is -2.20. The van der Waals surface area contributed by atoms with E-state index in [0.717, 1.165) is 37.7 Å². The normalized spacial score (nSPS) is 20.1. The molecule has 2 rings (SSSR count). The van der Waals surface area contributed by atoms with E-state index >= 15 is 0 Å². The summed E-state index contributed by atoms with van der Waals surface area (Å²) in [6.07, 6.45) is 4.30. The molecule has 1 saturated heterocycles. The number of hydrogen-bond donors (Lipinski definition) is 1. The van der Waals surface area contributed by atoms with Crippen molar-refractivity contribution in [2.24, 2.45) is 5.92 Å². The predicted molar refractivity (Wildman–Crippen MR) is 82.6 cm³/mol. The molecule has 20 heavy (non-hydrogen) atoms. The van der Waals surface area contributed by atoms with Gasteiger partial charge < -0.3 is 19.5 Å². The second-order valence-corrected chi connectivity index (χ2v) is 6.16. The van der Waals surface area contributed by atoms with E-state index in [0.29, 0.717) is 0 Å². The molecule has 4 heteroatoms. The number of furan rings is 1. The Hall–Kier alpha value is -0.840. The molecule has 1 unspecified atom stereocenters. The van der Waals surface area contributed by atoms with Crippen molar-refractivity contribution in [2.45, 2.75) is 32.9 Å². The van der Waals surface area contributed by atoms with Crippen LogP contribution in [0.1, 0.15) is 31.1 Å². The molecule has 0 spiro atoms. The summed E-state index contributed by atoms with van der Waals surface area (Å²) in [5.74, 6) is 1.91.